The SMILES string of the molecule is COC(=O)c1ccc2c(I)cccc2c1. The van der Waals surface area contributed by atoms with E-state index in [1.807, 2.05) is 30.3 Å². The third-order valence-electron chi connectivity index (χ3n) is 2.25. The fourth-order valence-electron chi connectivity index (χ4n) is 1.49. The Morgan fingerprint density at radius 3 is 2.80 bits per heavy atom. The molecule has 0 atom stereocenters. The van der Waals surface area contributed by atoms with E-state index in [1.165, 1.54) is 10.7 Å². The third-order valence-corrected chi connectivity index (χ3v) is 3.19. The monoisotopic (exact) mass is 312 g/mol. The van der Waals surface area contributed by atoms with Crippen LogP contribution in [0.2, 0.25) is 0 Å². The van der Waals surface area contributed by atoms with Crippen LogP contribution in [0.1, 0.15) is 10.4 Å². The van der Waals surface area contributed by atoms with Crippen molar-refractivity contribution in [2.75, 3.05) is 7.11 Å². The summed E-state index contributed by atoms with van der Waals surface area (Å²) in [5.41, 5.74) is 0.590. The van der Waals surface area contributed by atoms with Crippen molar-refractivity contribution >= 4 is 39.3 Å². The van der Waals surface area contributed by atoms with Crippen LogP contribution in [0.25, 0.3) is 10.8 Å². The van der Waals surface area contributed by atoms with Crippen molar-refractivity contribution in [3.05, 3.63) is 45.5 Å². The van der Waals surface area contributed by atoms with E-state index in [0.29, 0.717) is 5.56 Å². The smallest absolute Gasteiger partial charge is 0.337 e. The quantitative estimate of drug-likeness (QED) is 0.597. The van der Waals surface area contributed by atoms with Crippen LogP contribution in [0.5, 0.6) is 0 Å². The summed E-state index contributed by atoms with van der Waals surface area (Å²) in [4.78, 5) is 11.3. The van der Waals surface area contributed by atoms with Crippen molar-refractivity contribution in [2.24, 2.45) is 0 Å². The van der Waals surface area contributed by atoms with Gasteiger partial charge in [-0.15, -0.1) is 0 Å². The maximum atomic E-state index is 11.3. The summed E-state index contributed by atoms with van der Waals surface area (Å²) in [6.07, 6.45) is 0. The van der Waals surface area contributed by atoms with Gasteiger partial charge in [0.25, 0.3) is 0 Å². The number of carbonyl (C=O) groups excluding carboxylic acids is 1. The highest BCUT2D eigenvalue weighted by atomic mass is 127. The Balaban J connectivity index is 2.62. The summed E-state index contributed by atoms with van der Waals surface area (Å²) >= 11 is 2.28. The molecule has 0 heterocycles. The number of rotatable bonds is 1. The number of halogens is 1. The molecule has 0 amide bonds. The maximum Gasteiger partial charge on any atom is 0.337 e. The lowest BCUT2D eigenvalue weighted by atomic mass is 10.1. The largest absolute Gasteiger partial charge is 0.465 e. The molecular weight excluding hydrogens is 303 g/mol. The number of esters is 1. The zero-order chi connectivity index (χ0) is 10.8. The van der Waals surface area contributed by atoms with Gasteiger partial charge in [0.1, 0.15) is 0 Å². The number of benzene rings is 2. The van der Waals surface area contributed by atoms with Crippen LogP contribution in [0.4, 0.5) is 0 Å². The van der Waals surface area contributed by atoms with E-state index in [9.17, 15) is 4.79 Å². The summed E-state index contributed by atoms with van der Waals surface area (Å²) in [6.45, 7) is 0. The topological polar surface area (TPSA) is 26.3 Å². The first-order chi connectivity index (χ1) is 7.22. The van der Waals surface area contributed by atoms with E-state index >= 15 is 0 Å². The van der Waals surface area contributed by atoms with Gasteiger partial charge in [-0.1, -0.05) is 18.2 Å². The summed E-state index contributed by atoms with van der Waals surface area (Å²) in [6, 6.07) is 11.6. The number of ether oxygens (including phenoxy) is 1. The van der Waals surface area contributed by atoms with Crippen LogP contribution in [0.15, 0.2) is 36.4 Å². The second-order valence-corrected chi connectivity index (χ2v) is 4.33. The number of carbonyl (C=O) groups is 1. The third kappa shape index (κ3) is 1.97. The first-order valence-electron chi connectivity index (χ1n) is 4.49. The fraction of sp³-hybridized carbons (Fsp3) is 0.0833. The molecule has 2 aromatic carbocycles. The average molecular weight is 312 g/mol. The van der Waals surface area contributed by atoms with Gasteiger partial charge in [0.05, 0.1) is 12.7 Å². The Bertz CT molecular complexity index is 520. The minimum Gasteiger partial charge on any atom is -0.465 e. The molecule has 0 aliphatic carbocycles. The zero-order valence-corrected chi connectivity index (χ0v) is 10.3. The lowest BCUT2D eigenvalue weighted by molar-refractivity contribution is 0.0601. The van der Waals surface area contributed by atoms with Gasteiger partial charge in [-0.3, -0.25) is 0 Å². The molecule has 0 fully saturated rings. The van der Waals surface area contributed by atoms with E-state index in [2.05, 4.69) is 27.3 Å². The minimum atomic E-state index is -0.296. The van der Waals surface area contributed by atoms with Gasteiger partial charge < -0.3 is 4.74 Å². The molecular formula is C12H9IO2. The molecule has 2 rings (SSSR count). The van der Waals surface area contributed by atoms with Crippen LogP contribution < -0.4 is 0 Å². The van der Waals surface area contributed by atoms with E-state index in [-0.39, 0.29) is 5.97 Å². The first-order valence-corrected chi connectivity index (χ1v) is 5.57. The zero-order valence-electron chi connectivity index (χ0n) is 8.16. The predicted molar refractivity (Wildman–Crippen MR) is 68.0 cm³/mol. The number of fused-ring (bicyclic) bond motifs is 1. The van der Waals surface area contributed by atoms with Crippen LogP contribution >= 0.6 is 22.6 Å². The molecule has 0 aliphatic heterocycles. The highest BCUT2D eigenvalue weighted by Crippen LogP contribution is 2.21. The first kappa shape index (κ1) is 10.4. The normalized spacial score (nSPS) is 10.3. The highest BCUT2D eigenvalue weighted by molar-refractivity contribution is 14.1. The van der Waals surface area contributed by atoms with Crippen LogP contribution in [0.3, 0.4) is 0 Å². The number of methoxy groups -OCH3 is 1. The lowest BCUT2D eigenvalue weighted by Gasteiger charge is -2.03. The molecule has 3 heteroatoms. The van der Waals surface area contributed by atoms with E-state index in [4.69, 9.17) is 0 Å². The van der Waals surface area contributed by atoms with E-state index < -0.39 is 0 Å². The maximum absolute atomic E-state index is 11.3. The standard InChI is InChI=1S/C12H9IO2/c1-15-12(14)9-5-6-10-8(7-9)3-2-4-11(10)13/h2-7H,1H3. The van der Waals surface area contributed by atoms with Crippen LogP contribution in [0, 0.1) is 3.57 Å². The average Bonchev–Trinajstić information content (AvgIpc) is 2.28. The molecule has 0 spiro atoms. The highest BCUT2D eigenvalue weighted by Gasteiger charge is 2.06. The molecule has 0 saturated carbocycles. The molecule has 0 radical (unpaired) electrons. The minimum absolute atomic E-state index is 0.296. The Hall–Kier alpha value is -1.10. The van der Waals surface area contributed by atoms with Crippen molar-refractivity contribution < 1.29 is 9.53 Å². The molecule has 0 unspecified atom stereocenters. The van der Waals surface area contributed by atoms with Gasteiger partial charge in [0.15, 0.2) is 0 Å². The molecule has 0 N–H and O–H groups in total. The second-order valence-electron chi connectivity index (χ2n) is 3.17. The molecule has 0 bridgehead atoms. The molecule has 76 valence electrons. The summed E-state index contributed by atoms with van der Waals surface area (Å²) < 4.78 is 5.86. The molecule has 0 aliphatic rings. The molecule has 2 aromatic rings. The second kappa shape index (κ2) is 4.18. The summed E-state index contributed by atoms with van der Waals surface area (Å²) in [5.74, 6) is -0.296. The lowest BCUT2D eigenvalue weighted by Crippen LogP contribution is -2.00. The van der Waals surface area contributed by atoms with Crippen molar-refractivity contribution in [3.63, 3.8) is 0 Å². The molecule has 0 saturated heterocycles. The van der Waals surface area contributed by atoms with Crippen molar-refractivity contribution in [1.82, 2.24) is 0 Å². The van der Waals surface area contributed by atoms with Gasteiger partial charge in [0.2, 0.25) is 0 Å². The Labute approximate surface area is 101 Å². The van der Waals surface area contributed by atoms with Crippen LogP contribution in [-0.4, -0.2) is 13.1 Å². The van der Waals surface area contributed by atoms with Crippen LogP contribution in [-0.2, 0) is 4.74 Å². The van der Waals surface area contributed by atoms with E-state index in [0.717, 1.165) is 10.8 Å². The van der Waals surface area contributed by atoms with Crippen molar-refractivity contribution in [1.29, 1.82) is 0 Å². The van der Waals surface area contributed by atoms with Crippen molar-refractivity contribution in [2.45, 2.75) is 0 Å². The Morgan fingerprint density at radius 2 is 2.07 bits per heavy atom. The molecule has 0 aromatic heterocycles. The fourth-order valence-corrected chi connectivity index (χ4v) is 2.19. The van der Waals surface area contributed by atoms with Gasteiger partial charge in [-0.05, 0) is 51.6 Å². The Morgan fingerprint density at radius 1 is 1.27 bits per heavy atom. The summed E-state index contributed by atoms with van der Waals surface area (Å²) in [7, 11) is 1.39. The predicted octanol–water partition coefficient (Wildman–Crippen LogP) is 3.23. The summed E-state index contributed by atoms with van der Waals surface area (Å²) in [5, 5.41) is 2.22. The molecule has 15 heavy (non-hydrogen) atoms. The van der Waals surface area contributed by atoms with Gasteiger partial charge in [0, 0.05) is 3.57 Å². The Kier molecular flexibility index (Phi) is 2.90. The van der Waals surface area contributed by atoms with Crippen molar-refractivity contribution in [3.8, 4) is 0 Å². The molecule has 2 nitrogen and oxygen atoms in total. The van der Waals surface area contributed by atoms with Gasteiger partial charge in [-0.25, -0.2) is 4.79 Å². The van der Waals surface area contributed by atoms with Gasteiger partial charge in [-0.2, -0.15) is 0 Å². The number of hydrogen-bond donors (Lipinski definition) is 0. The van der Waals surface area contributed by atoms with E-state index in [1.54, 1.807) is 6.07 Å². The van der Waals surface area contributed by atoms with Gasteiger partial charge >= 0.3 is 5.97 Å². The number of hydrogen-bond acceptors (Lipinski definition) is 2.